The summed E-state index contributed by atoms with van der Waals surface area (Å²) in [7, 11) is 5.23. The standard InChI is InChI=1S/C19H28FN3O2/c1-21(2)19(24)13-22-9-14-4-6-17(12-22)23(10-14)11-15-8-16(20)5-7-18(15)25-3/h5,7-8,14,17H,4,6,9-13H2,1-3H3/t14-,17+/m1/s1. The molecule has 3 heterocycles. The lowest BCUT2D eigenvalue weighted by molar-refractivity contribution is -0.130. The van der Waals surface area contributed by atoms with Crippen LogP contribution in [0.4, 0.5) is 4.39 Å². The van der Waals surface area contributed by atoms with Crippen LogP contribution in [0.5, 0.6) is 5.75 Å². The van der Waals surface area contributed by atoms with Gasteiger partial charge in [-0.05, 0) is 37.0 Å². The first kappa shape index (κ1) is 18.1. The number of ether oxygens (including phenoxy) is 1. The SMILES string of the molecule is COc1ccc(F)cc1CN1C[C@@H]2CC[C@H]1CN(CC(=O)N(C)C)C2. The molecule has 3 fully saturated rings. The maximum Gasteiger partial charge on any atom is 0.236 e. The number of carbonyl (C=O) groups excluding carboxylic acids is 1. The maximum absolute atomic E-state index is 13.7. The fourth-order valence-electron chi connectivity index (χ4n) is 4.02. The lowest BCUT2D eigenvalue weighted by Crippen LogP contribution is -2.44. The molecule has 1 aromatic rings. The quantitative estimate of drug-likeness (QED) is 0.812. The number of hydrogen-bond acceptors (Lipinski definition) is 4. The summed E-state index contributed by atoms with van der Waals surface area (Å²) in [5, 5.41) is 0. The monoisotopic (exact) mass is 349 g/mol. The van der Waals surface area contributed by atoms with E-state index in [-0.39, 0.29) is 11.7 Å². The van der Waals surface area contributed by atoms with Gasteiger partial charge in [0.1, 0.15) is 11.6 Å². The second-order valence-electron chi connectivity index (χ2n) is 7.47. The Labute approximate surface area is 149 Å². The molecule has 0 saturated carbocycles. The molecule has 3 aliphatic heterocycles. The van der Waals surface area contributed by atoms with Crippen molar-refractivity contribution in [3.8, 4) is 5.75 Å². The molecule has 2 atom stereocenters. The summed E-state index contributed by atoms with van der Waals surface area (Å²) >= 11 is 0. The molecule has 0 N–H and O–H groups in total. The van der Waals surface area contributed by atoms with Gasteiger partial charge in [0.25, 0.3) is 0 Å². The van der Waals surface area contributed by atoms with Crippen molar-refractivity contribution in [1.29, 1.82) is 0 Å². The molecule has 6 heteroatoms. The van der Waals surface area contributed by atoms with Crippen LogP contribution in [-0.2, 0) is 11.3 Å². The topological polar surface area (TPSA) is 36.0 Å². The molecule has 5 nitrogen and oxygen atoms in total. The number of amides is 1. The third-order valence-corrected chi connectivity index (χ3v) is 5.38. The number of rotatable bonds is 5. The van der Waals surface area contributed by atoms with Crippen LogP contribution >= 0.6 is 0 Å². The first-order chi connectivity index (χ1) is 12.0. The van der Waals surface area contributed by atoms with Crippen LogP contribution in [0, 0.1) is 11.7 Å². The van der Waals surface area contributed by atoms with Gasteiger partial charge in [-0.1, -0.05) is 0 Å². The van der Waals surface area contributed by atoms with Crippen molar-refractivity contribution in [1.82, 2.24) is 14.7 Å². The molecule has 3 aliphatic rings. The van der Waals surface area contributed by atoms with Gasteiger partial charge in [-0.15, -0.1) is 0 Å². The minimum atomic E-state index is -0.228. The van der Waals surface area contributed by atoms with Crippen molar-refractivity contribution >= 4 is 5.91 Å². The molecule has 25 heavy (non-hydrogen) atoms. The third-order valence-electron chi connectivity index (χ3n) is 5.38. The van der Waals surface area contributed by atoms with E-state index >= 15 is 0 Å². The highest BCUT2D eigenvalue weighted by molar-refractivity contribution is 5.77. The number of carbonyl (C=O) groups is 1. The van der Waals surface area contributed by atoms with Crippen LogP contribution < -0.4 is 4.74 Å². The number of halogens is 1. The molecular formula is C19H28FN3O2. The molecule has 138 valence electrons. The average Bonchev–Trinajstić information content (AvgIpc) is 2.85. The van der Waals surface area contributed by atoms with Crippen LogP contribution in [0.1, 0.15) is 18.4 Å². The summed E-state index contributed by atoms with van der Waals surface area (Å²) in [5.74, 6) is 1.23. The van der Waals surface area contributed by atoms with Crippen LogP contribution in [0.2, 0.25) is 0 Å². The van der Waals surface area contributed by atoms with Crippen LogP contribution in [-0.4, -0.2) is 74.0 Å². The molecular weight excluding hydrogens is 321 g/mol. The van der Waals surface area contributed by atoms with E-state index in [4.69, 9.17) is 4.74 Å². The highest BCUT2D eigenvalue weighted by atomic mass is 19.1. The molecule has 0 unspecified atom stereocenters. The first-order valence-corrected chi connectivity index (χ1v) is 8.95. The predicted octanol–water partition coefficient (Wildman–Crippen LogP) is 1.82. The minimum Gasteiger partial charge on any atom is -0.496 e. The van der Waals surface area contributed by atoms with Gasteiger partial charge in [0, 0.05) is 51.9 Å². The number of nitrogens with zero attached hydrogens (tertiary/aromatic N) is 3. The summed E-state index contributed by atoms with van der Waals surface area (Å²) in [4.78, 5) is 18.4. The smallest absolute Gasteiger partial charge is 0.236 e. The van der Waals surface area contributed by atoms with E-state index in [2.05, 4.69) is 9.80 Å². The second kappa shape index (κ2) is 7.70. The van der Waals surface area contributed by atoms with Crippen molar-refractivity contribution in [2.75, 3.05) is 47.4 Å². The van der Waals surface area contributed by atoms with Gasteiger partial charge in [-0.2, -0.15) is 0 Å². The summed E-state index contributed by atoms with van der Waals surface area (Å²) in [6.07, 6.45) is 2.34. The van der Waals surface area contributed by atoms with Gasteiger partial charge in [0.2, 0.25) is 5.91 Å². The summed E-state index contributed by atoms with van der Waals surface area (Å²) in [6.45, 7) is 4.03. The Morgan fingerprint density at radius 3 is 2.80 bits per heavy atom. The normalized spacial score (nSPS) is 24.2. The molecule has 0 spiro atoms. The molecule has 1 aromatic carbocycles. The van der Waals surface area contributed by atoms with Gasteiger partial charge in [-0.3, -0.25) is 14.6 Å². The van der Waals surface area contributed by atoms with Gasteiger partial charge in [-0.25, -0.2) is 4.39 Å². The maximum atomic E-state index is 13.7. The molecule has 0 aliphatic carbocycles. The van der Waals surface area contributed by atoms with E-state index in [0.717, 1.165) is 37.4 Å². The van der Waals surface area contributed by atoms with Crippen molar-refractivity contribution in [3.63, 3.8) is 0 Å². The lowest BCUT2D eigenvalue weighted by atomic mass is 9.94. The van der Waals surface area contributed by atoms with Crippen LogP contribution in [0.25, 0.3) is 0 Å². The van der Waals surface area contributed by atoms with Gasteiger partial charge in [0.05, 0.1) is 13.7 Å². The zero-order valence-corrected chi connectivity index (χ0v) is 15.4. The molecule has 2 bridgehead atoms. The fourth-order valence-corrected chi connectivity index (χ4v) is 4.02. The Kier molecular flexibility index (Phi) is 5.59. The zero-order valence-electron chi connectivity index (χ0n) is 15.4. The Balaban J connectivity index is 1.71. The molecule has 0 radical (unpaired) electrons. The van der Waals surface area contributed by atoms with Crippen molar-refractivity contribution < 1.29 is 13.9 Å². The van der Waals surface area contributed by atoms with E-state index in [1.54, 1.807) is 38.2 Å². The highest BCUT2D eigenvalue weighted by Crippen LogP contribution is 2.31. The van der Waals surface area contributed by atoms with E-state index in [1.807, 2.05) is 0 Å². The third kappa shape index (κ3) is 4.30. The summed E-state index contributed by atoms with van der Waals surface area (Å²) in [5.41, 5.74) is 0.894. The number of fused-ring (bicyclic) bond motifs is 4. The summed E-state index contributed by atoms with van der Waals surface area (Å²) < 4.78 is 19.1. The van der Waals surface area contributed by atoms with E-state index in [9.17, 15) is 9.18 Å². The Hall–Kier alpha value is -1.66. The second-order valence-corrected chi connectivity index (χ2v) is 7.47. The largest absolute Gasteiger partial charge is 0.496 e. The van der Waals surface area contributed by atoms with Gasteiger partial charge < -0.3 is 9.64 Å². The minimum absolute atomic E-state index is 0.152. The summed E-state index contributed by atoms with van der Waals surface area (Å²) in [6, 6.07) is 5.11. The van der Waals surface area contributed by atoms with Crippen molar-refractivity contribution in [3.05, 3.63) is 29.6 Å². The first-order valence-electron chi connectivity index (χ1n) is 8.95. The predicted molar refractivity (Wildman–Crippen MR) is 95.0 cm³/mol. The fraction of sp³-hybridized carbons (Fsp3) is 0.632. The van der Waals surface area contributed by atoms with Gasteiger partial charge in [0.15, 0.2) is 0 Å². The highest BCUT2D eigenvalue weighted by Gasteiger charge is 2.35. The number of likely N-dealkylation sites (N-methyl/N-ethyl adjacent to an activating group) is 1. The van der Waals surface area contributed by atoms with Gasteiger partial charge >= 0.3 is 0 Å². The van der Waals surface area contributed by atoms with E-state index in [1.165, 1.54) is 12.5 Å². The number of benzene rings is 1. The van der Waals surface area contributed by atoms with Crippen LogP contribution in [0.3, 0.4) is 0 Å². The number of methoxy groups -OCH3 is 1. The van der Waals surface area contributed by atoms with E-state index in [0.29, 0.717) is 25.0 Å². The van der Waals surface area contributed by atoms with Crippen molar-refractivity contribution in [2.45, 2.75) is 25.4 Å². The molecule has 0 aromatic heterocycles. The molecule has 1 amide bonds. The van der Waals surface area contributed by atoms with E-state index < -0.39 is 0 Å². The number of piperidine rings is 1. The Bertz CT molecular complexity index is 623. The molecule has 4 rings (SSSR count). The average molecular weight is 349 g/mol. The Morgan fingerprint density at radius 2 is 2.08 bits per heavy atom. The lowest BCUT2D eigenvalue weighted by Gasteiger charge is -2.36. The number of hydrogen-bond donors (Lipinski definition) is 0. The van der Waals surface area contributed by atoms with Crippen LogP contribution in [0.15, 0.2) is 18.2 Å². The molecule has 3 saturated heterocycles. The zero-order chi connectivity index (χ0) is 18.0. The Morgan fingerprint density at radius 1 is 1.28 bits per heavy atom. The van der Waals surface area contributed by atoms with Crippen molar-refractivity contribution in [2.24, 2.45) is 5.92 Å².